The van der Waals surface area contributed by atoms with Gasteiger partial charge >= 0.3 is 17.9 Å². The van der Waals surface area contributed by atoms with Gasteiger partial charge in [-0.25, -0.2) is 0 Å². The maximum absolute atomic E-state index is 12.1. The lowest BCUT2D eigenvalue weighted by Gasteiger charge is -2.29. The van der Waals surface area contributed by atoms with Crippen LogP contribution in [-0.4, -0.2) is 36.2 Å². The van der Waals surface area contributed by atoms with Gasteiger partial charge in [0.2, 0.25) is 0 Å². The second kappa shape index (κ2) is 7.85. The van der Waals surface area contributed by atoms with Crippen molar-refractivity contribution in [1.82, 2.24) is 0 Å². The Labute approximate surface area is 148 Å². The molecule has 0 aromatic rings. The first kappa shape index (κ1) is 19.2. The van der Waals surface area contributed by atoms with Gasteiger partial charge in [-0.05, 0) is 25.5 Å². The van der Waals surface area contributed by atoms with E-state index >= 15 is 0 Å². The normalized spacial score (nSPS) is 34.8. The summed E-state index contributed by atoms with van der Waals surface area (Å²) in [5.41, 5.74) is 1.84. The summed E-state index contributed by atoms with van der Waals surface area (Å²) < 4.78 is 16.4. The molecule has 25 heavy (non-hydrogen) atoms. The molecule has 6 nitrogen and oxygen atoms in total. The van der Waals surface area contributed by atoms with Gasteiger partial charge in [-0.3, -0.25) is 14.4 Å². The van der Waals surface area contributed by atoms with E-state index in [-0.39, 0.29) is 29.7 Å². The van der Waals surface area contributed by atoms with Crippen molar-refractivity contribution in [3.8, 4) is 0 Å². The van der Waals surface area contributed by atoms with Crippen LogP contribution < -0.4 is 0 Å². The number of fused-ring (bicyclic) bond motifs is 1. The predicted octanol–water partition coefficient (Wildman–Crippen LogP) is 2.71. The van der Waals surface area contributed by atoms with Gasteiger partial charge in [0.25, 0.3) is 0 Å². The minimum atomic E-state index is -0.504. The summed E-state index contributed by atoms with van der Waals surface area (Å²) in [6.45, 7) is 8.33. The molecule has 1 saturated heterocycles. The molecular weight excluding hydrogens is 324 g/mol. The van der Waals surface area contributed by atoms with Crippen molar-refractivity contribution in [2.75, 3.05) is 0 Å². The fourth-order valence-corrected chi connectivity index (χ4v) is 3.51. The van der Waals surface area contributed by atoms with Crippen molar-refractivity contribution < 1.29 is 28.6 Å². The Morgan fingerprint density at radius 2 is 1.80 bits per heavy atom. The third-order valence-corrected chi connectivity index (χ3v) is 4.77. The Hall–Kier alpha value is -2.11. The maximum atomic E-state index is 12.1. The summed E-state index contributed by atoms with van der Waals surface area (Å²) in [6, 6.07) is 0. The third kappa shape index (κ3) is 4.71. The van der Waals surface area contributed by atoms with Crippen molar-refractivity contribution >= 4 is 17.9 Å². The van der Waals surface area contributed by atoms with E-state index in [0.717, 1.165) is 11.1 Å². The highest BCUT2D eigenvalue weighted by atomic mass is 16.6. The molecule has 2 aliphatic rings. The Kier molecular flexibility index (Phi) is 6.03. The van der Waals surface area contributed by atoms with Crippen molar-refractivity contribution in [2.24, 2.45) is 11.8 Å². The van der Waals surface area contributed by atoms with Crippen LogP contribution in [0.25, 0.3) is 0 Å². The summed E-state index contributed by atoms with van der Waals surface area (Å²) in [7, 11) is 0. The standard InChI is InChI=1S/C19H26O6/c1-10-6-7-15(23-13(4)20)11(2)9-17-18(12(3)19(22)25-17)16(8-10)24-14(5)21/h6,9,12,15-18H,7-8H2,1-5H3/b10-6-,11-9?/t12-,15-,16-,17-,18-/m1/s1. The van der Waals surface area contributed by atoms with E-state index in [1.165, 1.54) is 13.8 Å². The molecule has 0 amide bonds. The van der Waals surface area contributed by atoms with Crippen LogP contribution in [0.5, 0.6) is 0 Å². The van der Waals surface area contributed by atoms with Gasteiger partial charge < -0.3 is 14.2 Å². The monoisotopic (exact) mass is 350 g/mol. The van der Waals surface area contributed by atoms with E-state index in [0.29, 0.717) is 12.8 Å². The smallest absolute Gasteiger partial charge is 0.309 e. The molecule has 138 valence electrons. The van der Waals surface area contributed by atoms with Crippen LogP contribution in [0.3, 0.4) is 0 Å². The Balaban J connectivity index is 2.41. The molecule has 1 aliphatic heterocycles. The van der Waals surface area contributed by atoms with E-state index in [4.69, 9.17) is 14.2 Å². The number of ether oxygens (including phenoxy) is 3. The van der Waals surface area contributed by atoms with Crippen LogP contribution in [0.1, 0.15) is 47.5 Å². The SMILES string of the molecule is CC(=O)O[C@@H]1C/C=C(/C)C[C@@H](OC(C)=O)[C@@H]2[C@@H](C=C1C)OC(=O)[C@@H]2C. The first-order chi connectivity index (χ1) is 11.7. The predicted molar refractivity (Wildman–Crippen MR) is 90.4 cm³/mol. The van der Waals surface area contributed by atoms with Gasteiger partial charge in [0.1, 0.15) is 18.3 Å². The fraction of sp³-hybridized carbons (Fsp3) is 0.632. The average molecular weight is 350 g/mol. The minimum Gasteiger partial charge on any atom is -0.462 e. The highest BCUT2D eigenvalue weighted by Crippen LogP contribution is 2.37. The highest BCUT2D eigenvalue weighted by Gasteiger charge is 2.47. The lowest BCUT2D eigenvalue weighted by Crippen LogP contribution is -2.35. The van der Waals surface area contributed by atoms with Crippen molar-refractivity contribution in [2.45, 2.75) is 65.8 Å². The highest BCUT2D eigenvalue weighted by molar-refractivity contribution is 5.75. The molecule has 1 aliphatic carbocycles. The average Bonchev–Trinajstić information content (AvgIpc) is 2.75. The molecular formula is C19H26O6. The summed E-state index contributed by atoms with van der Waals surface area (Å²) in [5.74, 6) is -1.68. The largest absolute Gasteiger partial charge is 0.462 e. The van der Waals surface area contributed by atoms with Gasteiger partial charge in [0.15, 0.2) is 0 Å². The summed E-state index contributed by atoms with van der Waals surface area (Å²) >= 11 is 0. The Morgan fingerprint density at radius 1 is 1.16 bits per heavy atom. The lowest BCUT2D eigenvalue weighted by molar-refractivity contribution is -0.150. The number of rotatable bonds is 2. The van der Waals surface area contributed by atoms with Crippen LogP contribution in [0.4, 0.5) is 0 Å². The fourth-order valence-electron chi connectivity index (χ4n) is 3.51. The summed E-state index contributed by atoms with van der Waals surface area (Å²) in [5, 5.41) is 0. The minimum absolute atomic E-state index is 0.272. The van der Waals surface area contributed by atoms with Crippen LogP contribution in [0.15, 0.2) is 23.3 Å². The summed E-state index contributed by atoms with van der Waals surface area (Å²) in [4.78, 5) is 35.1. The molecule has 5 atom stereocenters. The van der Waals surface area contributed by atoms with E-state index in [1.54, 1.807) is 6.92 Å². The first-order valence-electron chi connectivity index (χ1n) is 8.58. The molecule has 0 aromatic heterocycles. The molecule has 2 rings (SSSR count). The van der Waals surface area contributed by atoms with Crippen LogP contribution in [0.2, 0.25) is 0 Å². The van der Waals surface area contributed by atoms with Gasteiger partial charge in [0.05, 0.1) is 11.8 Å². The molecule has 0 bridgehead atoms. The maximum Gasteiger partial charge on any atom is 0.309 e. The Morgan fingerprint density at radius 3 is 2.40 bits per heavy atom. The van der Waals surface area contributed by atoms with E-state index in [2.05, 4.69) is 0 Å². The molecule has 0 saturated carbocycles. The van der Waals surface area contributed by atoms with Gasteiger partial charge in [-0.15, -0.1) is 0 Å². The molecule has 0 aromatic carbocycles. The number of carbonyl (C=O) groups excluding carboxylic acids is 3. The molecule has 0 N–H and O–H groups in total. The topological polar surface area (TPSA) is 78.9 Å². The molecule has 1 fully saturated rings. The van der Waals surface area contributed by atoms with E-state index in [9.17, 15) is 14.4 Å². The van der Waals surface area contributed by atoms with E-state index in [1.807, 2.05) is 26.0 Å². The molecule has 0 unspecified atom stereocenters. The Bertz CT molecular complexity index is 617. The quantitative estimate of drug-likeness (QED) is 0.433. The lowest BCUT2D eigenvalue weighted by atomic mass is 9.82. The third-order valence-electron chi connectivity index (χ3n) is 4.77. The number of hydrogen-bond acceptors (Lipinski definition) is 6. The van der Waals surface area contributed by atoms with Gasteiger partial charge in [-0.2, -0.15) is 0 Å². The van der Waals surface area contributed by atoms with Crippen molar-refractivity contribution in [1.29, 1.82) is 0 Å². The van der Waals surface area contributed by atoms with Crippen LogP contribution in [-0.2, 0) is 28.6 Å². The first-order valence-corrected chi connectivity index (χ1v) is 8.58. The second-order valence-corrected chi connectivity index (χ2v) is 6.91. The van der Waals surface area contributed by atoms with Crippen LogP contribution in [0, 0.1) is 11.8 Å². The number of esters is 3. The van der Waals surface area contributed by atoms with Crippen LogP contribution >= 0.6 is 0 Å². The van der Waals surface area contributed by atoms with Gasteiger partial charge in [-0.1, -0.05) is 18.6 Å². The molecule has 6 heteroatoms. The zero-order chi connectivity index (χ0) is 18.7. The van der Waals surface area contributed by atoms with E-state index < -0.39 is 18.3 Å². The summed E-state index contributed by atoms with van der Waals surface area (Å²) in [6.07, 6.45) is 3.52. The molecule has 0 spiro atoms. The number of hydrogen-bond donors (Lipinski definition) is 0. The van der Waals surface area contributed by atoms with Crippen molar-refractivity contribution in [3.63, 3.8) is 0 Å². The number of carbonyl (C=O) groups is 3. The molecule has 0 radical (unpaired) electrons. The van der Waals surface area contributed by atoms with Gasteiger partial charge in [0, 0.05) is 26.7 Å². The zero-order valence-electron chi connectivity index (χ0n) is 15.4. The molecule has 1 heterocycles. The zero-order valence-corrected chi connectivity index (χ0v) is 15.4. The second-order valence-electron chi connectivity index (χ2n) is 6.91. The van der Waals surface area contributed by atoms with Crippen molar-refractivity contribution in [3.05, 3.63) is 23.3 Å².